The highest BCUT2D eigenvalue weighted by Gasteiger charge is 2.23. The maximum absolute atomic E-state index is 12.1. The first-order chi connectivity index (χ1) is 12.0. The third kappa shape index (κ3) is 6.19. The second-order valence-electron chi connectivity index (χ2n) is 6.35. The third-order valence-electron chi connectivity index (χ3n) is 4.30. The van der Waals surface area contributed by atoms with Crippen molar-refractivity contribution in [2.24, 2.45) is 0 Å². The van der Waals surface area contributed by atoms with Crippen molar-refractivity contribution >= 4 is 17.8 Å². The van der Waals surface area contributed by atoms with Gasteiger partial charge in [-0.15, -0.1) is 0 Å². The second-order valence-corrected chi connectivity index (χ2v) is 6.35. The van der Waals surface area contributed by atoms with Gasteiger partial charge in [0.05, 0.1) is 6.42 Å². The molecular weight excluding hydrogens is 324 g/mol. The Labute approximate surface area is 146 Å². The van der Waals surface area contributed by atoms with Gasteiger partial charge in [0.1, 0.15) is 6.04 Å². The fourth-order valence-electron chi connectivity index (χ4n) is 2.93. The molecule has 2 rings (SSSR count). The number of likely N-dealkylation sites (tertiary alicyclic amines) is 1. The van der Waals surface area contributed by atoms with Crippen LogP contribution in [0, 0.1) is 0 Å². The second kappa shape index (κ2) is 9.17. The van der Waals surface area contributed by atoms with Crippen molar-refractivity contribution < 1.29 is 24.6 Å². The summed E-state index contributed by atoms with van der Waals surface area (Å²) in [5.41, 5.74) is 1.41. The van der Waals surface area contributed by atoms with Crippen molar-refractivity contribution in [3.63, 3.8) is 0 Å². The molecule has 7 nitrogen and oxygen atoms in total. The number of carboxylic acid groups (broad SMARTS) is 2. The van der Waals surface area contributed by atoms with E-state index in [0.717, 1.165) is 25.2 Å². The molecule has 1 fully saturated rings. The molecule has 25 heavy (non-hydrogen) atoms. The number of rotatable bonds is 7. The first kappa shape index (κ1) is 18.9. The highest BCUT2D eigenvalue weighted by atomic mass is 16.4. The van der Waals surface area contributed by atoms with Crippen molar-refractivity contribution in [1.29, 1.82) is 0 Å². The highest BCUT2D eigenvalue weighted by Crippen LogP contribution is 2.14. The molecule has 0 radical (unpaired) electrons. The normalized spacial score (nSPS) is 16.6. The van der Waals surface area contributed by atoms with Crippen LogP contribution in [0.3, 0.4) is 0 Å². The Hall–Kier alpha value is -2.41. The molecule has 1 aromatic carbocycles. The molecule has 1 saturated heterocycles. The number of hydrogen-bond acceptors (Lipinski definition) is 4. The lowest BCUT2D eigenvalue weighted by atomic mass is 10.1. The lowest BCUT2D eigenvalue weighted by Crippen LogP contribution is -2.42. The number of carbonyl (C=O) groups excluding carboxylic acids is 1. The summed E-state index contributed by atoms with van der Waals surface area (Å²) in [4.78, 5) is 36.2. The number of amides is 1. The van der Waals surface area contributed by atoms with Crippen molar-refractivity contribution in [2.75, 3.05) is 13.1 Å². The number of nitrogens with zero attached hydrogens (tertiary/aromatic N) is 1. The van der Waals surface area contributed by atoms with Crippen LogP contribution in [0.5, 0.6) is 0 Å². The number of benzene rings is 1. The van der Waals surface area contributed by atoms with Gasteiger partial charge in [-0.3, -0.25) is 14.5 Å². The van der Waals surface area contributed by atoms with Crippen molar-refractivity contribution in [3.8, 4) is 0 Å². The molecule has 1 aromatic rings. The maximum Gasteiger partial charge on any atom is 0.326 e. The first-order valence-corrected chi connectivity index (χ1v) is 8.52. The van der Waals surface area contributed by atoms with Crippen LogP contribution >= 0.6 is 0 Å². The lowest BCUT2D eigenvalue weighted by Gasteiger charge is -2.19. The van der Waals surface area contributed by atoms with E-state index in [9.17, 15) is 14.4 Å². The number of nitrogens with one attached hydrogen (secondary N) is 1. The van der Waals surface area contributed by atoms with Gasteiger partial charge in [0.25, 0.3) is 5.91 Å². The number of hydrogen-bond donors (Lipinski definition) is 3. The highest BCUT2D eigenvalue weighted by molar-refractivity contribution is 5.97. The fraction of sp³-hybridized carbons (Fsp3) is 0.500. The van der Waals surface area contributed by atoms with Crippen molar-refractivity contribution in [3.05, 3.63) is 35.4 Å². The summed E-state index contributed by atoms with van der Waals surface area (Å²) in [7, 11) is 0. The van der Waals surface area contributed by atoms with Crippen molar-refractivity contribution in [1.82, 2.24) is 10.2 Å². The quantitative estimate of drug-likeness (QED) is 0.693. The van der Waals surface area contributed by atoms with E-state index in [1.807, 2.05) is 12.1 Å². The molecule has 1 amide bonds. The molecule has 0 aliphatic carbocycles. The molecule has 7 heteroatoms. The predicted molar refractivity (Wildman–Crippen MR) is 91.3 cm³/mol. The van der Waals surface area contributed by atoms with E-state index in [-0.39, 0.29) is 0 Å². The van der Waals surface area contributed by atoms with E-state index in [1.54, 1.807) is 12.1 Å². The summed E-state index contributed by atoms with van der Waals surface area (Å²) in [6, 6.07) is 5.55. The van der Waals surface area contributed by atoms with Crippen LogP contribution in [-0.4, -0.2) is 52.1 Å². The number of carbonyl (C=O) groups is 3. The van der Waals surface area contributed by atoms with Crippen LogP contribution in [0.15, 0.2) is 24.3 Å². The molecular formula is C18H24N2O5. The molecule has 0 aromatic heterocycles. The molecule has 136 valence electrons. The predicted octanol–water partition coefficient (Wildman–Crippen LogP) is 1.72. The van der Waals surface area contributed by atoms with Crippen LogP contribution in [0.4, 0.5) is 0 Å². The molecule has 0 spiro atoms. The lowest BCUT2D eigenvalue weighted by molar-refractivity contribution is -0.145. The van der Waals surface area contributed by atoms with E-state index in [2.05, 4.69) is 10.2 Å². The largest absolute Gasteiger partial charge is 0.481 e. The van der Waals surface area contributed by atoms with Gasteiger partial charge >= 0.3 is 11.9 Å². The van der Waals surface area contributed by atoms with Gasteiger partial charge in [-0.25, -0.2) is 4.79 Å². The van der Waals surface area contributed by atoms with Crippen molar-refractivity contribution in [2.45, 2.75) is 44.7 Å². The minimum atomic E-state index is -1.44. The molecule has 3 N–H and O–H groups in total. The molecule has 1 aliphatic rings. The van der Waals surface area contributed by atoms with E-state index in [1.165, 1.54) is 25.7 Å². The van der Waals surface area contributed by atoms with E-state index >= 15 is 0 Å². The zero-order valence-electron chi connectivity index (χ0n) is 14.1. The Kier molecular flexibility index (Phi) is 6.94. The standard InChI is InChI=1S/C18H24N2O5/c21-16(22)11-15(18(24)25)19-17(23)14-7-5-13(6-8-14)12-20-9-3-1-2-4-10-20/h5-8,15H,1-4,9-12H2,(H,19,23)(H,21,22)(H,24,25). The summed E-state index contributed by atoms with van der Waals surface area (Å²) in [6.07, 6.45) is 4.31. The summed E-state index contributed by atoms with van der Waals surface area (Å²) < 4.78 is 0. The van der Waals surface area contributed by atoms with Crippen LogP contribution < -0.4 is 5.32 Å². The monoisotopic (exact) mass is 348 g/mol. The molecule has 1 aliphatic heterocycles. The van der Waals surface area contributed by atoms with Crippen LogP contribution in [0.2, 0.25) is 0 Å². The molecule has 1 atom stereocenters. The summed E-state index contributed by atoms with van der Waals surface area (Å²) in [5, 5.41) is 19.9. The Morgan fingerprint density at radius 2 is 1.60 bits per heavy atom. The van der Waals surface area contributed by atoms with Gasteiger partial charge in [-0.2, -0.15) is 0 Å². The van der Waals surface area contributed by atoms with Crippen LogP contribution in [0.25, 0.3) is 0 Å². The van der Waals surface area contributed by atoms with Gasteiger partial charge in [0, 0.05) is 12.1 Å². The fourth-order valence-corrected chi connectivity index (χ4v) is 2.93. The van der Waals surface area contributed by atoms with Crippen LogP contribution in [-0.2, 0) is 16.1 Å². The van der Waals surface area contributed by atoms with E-state index in [4.69, 9.17) is 10.2 Å². The minimum absolute atomic E-state index is 0.316. The third-order valence-corrected chi connectivity index (χ3v) is 4.30. The Bertz CT molecular complexity index is 606. The van der Waals surface area contributed by atoms with Gasteiger partial charge in [-0.1, -0.05) is 25.0 Å². The summed E-state index contributed by atoms with van der Waals surface area (Å²) in [5.74, 6) is -3.23. The van der Waals surface area contributed by atoms with Gasteiger partial charge in [0.2, 0.25) is 0 Å². The summed E-state index contributed by atoms with van der Waals surface area (Å²) in [6.45, 7) is 2.99. The Morgan fingerprint density at radius 1 is 1.00 bits per heavy atom. The Balaban J connectivity index is 1.94. The average molecular weight is 348 g/mol. The SMILES string of the molecule is O=C(O)CC(NC(=O)c1ccc(CN2CCCCCC2)cc1)C(=O)O. The van der Waals surface area contributed by atoms with Gasteiger partial charge in [0.15, 0.2) is 0 Å². The maximum atomic E-state index is 12.1. The zero-order chi connectivity index (χ0) is 18.2. The molecule has 1 heterocycles. The zero-order valence-corrected chi connectivity index (χ0v) is 14.1. The topological polar surface area (TPSA) is 107 Å². The van der Waals surface area contributed by atoms with E-state index < -0.39 is 30.3 Å². The smallest absolute Gasteiger partial charge is 0.326 e. The molecule has 0 saturated carbocycles. The molecule has 1 unspecified atom stereocenters. The average Bonchev–Trinajstić information content (AvgIpc) is 2.83. The first-order valence-electron chi connectivity index (χ1n) is 8.52. The summed E-state index contributed by atoms with van der Waals surface area (Å²) >= 11 is 0. The Morgan fingerprint density at radius 3 is 2.12 bits per heavy atom. The number of carboxylic acids is 2. The van der Waals surface area contributed by atoms with Gasteiger partial charge < -0.3 is 15.5 Å². The minimum Gasteiger partial charge on any atom is -0.481 e. The van der Waals surface area contributed by atoms with Crippen LogP contribution in [0.1, 0.15) is 48.0 Å². The van der Waals surface area contributed by atoms with E-state index in [0.29, 0.717) is 5.56 Å². The number of aliphatic carboxylic acids is 2. The van der Waals surface area contributed by atoms with Gasteiger partial charge in [-0.05, 0) is 43.6 Å². The molecule has 0 bridgehead atoms.